The Bertz CT molecular complexity index is 958. The molecule has 3 rings (SSSR count). The summed E-state index contributed by atoms with van der Waals surface area (Å²) in [5.74, 6) is -1.42. The van der Waals surface area contributed by atoms with Crippen molar-refractivity contribution < 1.29 is 19.4 Å². The first-order valence-electron chi connectivity index (χ1n) is 8.08. The van der Waals surface area contributed by atoms with E-state index in [9.17, 15) is 14.7 Å². The van der Waals surface area contributed by atoms with Gasteiger partial charge < -0.3 is 15.2 Å². The second-order valence-corrected chi connectivity index (χ2v) is 5.44. The Morgan fingerprint density at radius 1 is 1.15 bits per heavy atom. The molecule has 0 aliphatic heterocycles. The number of nitrogens with one attached hydrogen (secondary N) is 1. The molecule has 0 saturated heterocycles. The zero-order chi connectivity index (χ0) is 18.5. The summed E-state index contributed by atoms with van der Waals surface area (Å²) < 4.78 is 4.78. The van der Waals surface area contributed by atoms with Crippen molar-refractivity contribution in [3.8, 4) is 17.0 Å². The Morgan fingerprint density at radius 2 is 1.92 bits per heavy atom. The Labute approximate surface area is 149 Å². The normalized spacial score (nSPS) is 10.5. The van der Waals surface area contributed by atoms with Gasteiger partial charge in [-0.15, -0.1) is 0 Å². The minimum atomic E-state index is -0.624. The largest absolute Gasteiger partial charge is 0.507 e. The highest BCUT2D eigenvalue weighted by Crippen LogP contribution is 2.27. The molecule has 0 fully saturated rings. The minimum Gasteiger partial charge on any atom is -0.507 e. The number of benzene rings is 2. The molecule has 0 bridgehead atoms. The first-order chi connectivity index (χ1) is 12.6. The summed E-state index contributed by atoms with van der Waals surface area (Å²) in [5, 5.41) is 12.6. The van der Waals surface area contributed by atoms with Crippen LogP contribution in [0, 0.1) is 0 Å². The Kier molecular flexibility index (Phi) is 5.07. The molecule has 0 saturated carbocycles. The molecular formula is C19H17N3O4. The Morgan fingerprint density at radius 3 is 2.65 bits per heavy atom. The topological polar surface area (TPSA) is 101 Å². The van der Waals surface area contributed by atoms with E-state index in [4.69, 9.17) is 4.74 Å². The summed E-state index contributed by atoms with van der Waals surface area (Å²) in [7, 11) is 0. The van der Waals surface area contributed by atoms with Gasteiger partial charge in [-0.25, -0.2) is 4.98 Å². The number of esters is 1. The van der Waals surface area contributed by atoms with Crippen LogP contribution in [0.15, 0.2) is 48.7 Å². The van der Waals surface area contributed by atoms with Crippen molar-refractivity contribution in [2.24, 2.45) is 0 Å². The van der Waals surface area contributed by atoms with E-state index in [1.807, 2.05) is 30.3 Å². The van der Waals surface area contributed by atoms with E-state index in [2.05, 4.69) is 15.3 Å². The molecule has 0 unspecified atom stereocenters. The second-order valence-electron chi connectivity index (χ2n) is 5.44. The number of nitrogens with zero attached hydrogens (tertiary/aromatic N) is 2. The van der Waals surface area contributed by atoms with E-state index >= 15 is 0 Å². The lowest BCUT2D eigenvalue weighted by Crippen LogP contribution is -2.31. The minimum absolute atomic E-state index is 0.0305. The number of amides is 1. The van der Waals surface area contributed by atoms with Crippen LogP contribution >= 0.6 is 0 Å². The molecule has 0 aliphatic carbocycles. The lowest BCUT2D eigenvalue weighted by atomic mass is 10.1. The van der Waals surface area contributed by atoms with Gasteiger partial charge in [0.15, 0.2) is 0 Å². The molecule has 1 amide bonds. The standard InChI is InChI=1S/C19H17N3O4/c1-2-26-16(24)11-21-19(25)17-15(23)9-8-13-18(17)22-14(10-20-13)12-6-4-3-5-7-12/h3-10,23H,2,11H2,1H3,(H,21,25). The molecule has 7 heteroatoms. The van der Waals surface area contributed by atoms with Crippen molar-refractivity contribution in [1.82, 2.24) is 15.3 Å². The van der Waals surface area contributed by atoms with Gasteiger partial charge in [-0.1, -0.05) is 30.3 Å². The van der Waals surface area contributed by atoms with Gasteiger partial charge in [-0.2, -0.15) is 0 Å². The number of ether oxygens (including phenoxy) is 1. The maximum atomic E-state index is 12.5. The number of aromatic hydroxyl groups is 1. The number of carbonyl (C=O) groups is 2. The Balaban J connectivity index is 1.99. The fraction of sp³-hybridized carbons (Fsp3) is 0.158. The summed E-state index contributed by atoms with van der Waals surface area (Å²) >= 11 is 0. The molecule has 7 nitrogen and oxygen atoms in total. The summed E-state index contributed by atoms with van der Waals surface area (Å²) in [5.41, 5.74) is 2.10. The van der Waals surface area contributed by atoms with Crippen molar-refractivity contribution in [3.63, 3.8) is 0 Å². The number of carbonyl (C=O) groups excluding carboxylic acids is 2. The third kappa shape index (κ3) is 3.61. The number of aromatic nitrogens is 2. The van der Waals surface area contributed by atoms with E-state index in [0.29, 0.717) is 11.2 Å². The monoisotopic (exact) mass is 351 g/mol. The van der Waals surface area contributed by atoms with E-state index in [1.165, 1.54) is 6.07 Å². The molecule has 3 aromatic rings. The summed E-state index contributed by atoms with van der Waals surface area (Å²) in [6, 6.07) is 12.3. The molecule has 0 atom stereocenters. The van der Waals surface area contributed by atoms with Crippen LogP contribution in [0.2, 0.25) is 0 Å². The third-order valence-corrected chi connectivity index (χ3v) is 3.69. The van der Waals surface area contributed by atoms with Crippen LogP contribution in [-0.4, -0.2) is 40.1 Å². The van der Waals surface area contributed by atoms with Gasteiger partial charge in [0, 0.05) is 5.56 Å². The zero-order valence-electron chi connectivity index (χ0n) is 14.1. The van der Waals surface area contributed by atoms with Crippen molar-refractivity contribution in [1.29, 1.82) is 0 Å². The van der Waals surface area contributed by atoms with E-state index in [0.717, 1.165) is 5.56 Å². The van der Waals surface area contributed by atoms with E-state index in [1.54, 1.807) is 19.2 Å². The molecule has 1 aromatic heterocycles. The van der Waals surface area contributed by atoms with Gasteiger partial charge >= 0.3 is 5.97 Å². The average Bonchev–Trinajstić information content (AvgIpc) is 2.66. The second kappa shape index (κ2) is 7.60. The SMILES string of the molecule is CCOC(=O)CNC(=O)c1c(O)ccc2ncc(-c3ccccc3)nc12. The molecule has 26 heavy (non-hydrogen) atoms. The van der Waals surface area contributed by atoms with Gasteiger partial charge in [0.2, 0.25) is 0 Å². The number of phenolic OH excluding ortho intramolecular Hbond substituents is 1. The van der Waals surface area contributed by atoms with Crippen molar-refractivity contribution in [3.05, 3.63) is 54.2 Å². The van der Waals surface area contributed by atoms with Crippen molar-refractivity contribution in [2.75, 3.05) is 13.2 Å². The van der Waals surface area contributed by atoms with Gasteiger partial charge in [0.25, 0.3) is 5.91 Å². The highest BCUT2D eigenvalue weighted by atomic mass is 16.5. The molecule has 2 aromatic carbocycles. The fourth-order valence-corrected chi connectivity index (χ4v) is 2.49. The Hall–Kier alpha value is -3.48. The lowest BCUT2D eigenvalue weighted by molar-refractivity contribution is -0.141. The smallest absolute Gasteiger partial charge is 0.325 e. The molecule has 1 heterocycles. The van der Waals surface area contributed by atoms with Crippen molar-refractivity contribution >= 4 is 22.9 Å². The van der Waals surface area contributed by atoms with Gasteiger partial charge in [0.05, 0.1) is 24.0 Å². The van der Waals surface area contributed by atoms with Crippen LogP contribution in [0.4, 0.5) is 0 Å². The molecule has 132 valence electrons. The number of phenols is 1. The maximum absolute atomic E-state index is 12.5. The highest BCUT2D eigenvalue weighted by molar-refractivity contribution is 6.08. The van der Waals surface area contributed by atoms with Crippen LogP contribution in [0.3, 0.4) is 0 Å². The van der Waals surface area contributed by atoms with Gasteiger partial charge in [-0.3, -0.25) is 14.6 Å². The van der Waals surface area contributed by atoms with E-state index < -0.39 is 11.9 Å². The molecule has 0 radical (unpaired) electrons. The predicted octanol–water partition coefficient (Wildman–Crippen LogP) is 2.30. The number of rotatable bonds is 5. The molecule has 0 aliphatic rings. The predicted molar refractivity (Wildman–Crippen MR) is 95.6 cm³/mol. The molecular weight excluding hydrogens is 334 g/mol. The van der Waals surface area contributed by atoms with E-state index in [-0.39, 0.29) is 30.0 Å². The van der Waals surface area contributed by atoms with Crippen LogP contribution in [0.1, 0.15) is 17.3 Å². The summed E-state index contributed by atoms with van der Waals surface area (Å²) in [6.45, 7) is 1.60. The van der Waals surface area contributed by atoms with Gasteiger partial charge in [0.1, 0.15) is 23.4 Å². The maximum Gasteiger partial charge on any atom is 0.325 e. The van der Waals surface area contributed by atoms with Crippen LogP contribution in [0.25, 0.3) is 22.3 Å². The van der Waals surface area contributed by atoms with Crippen LogP contribution in [-0.2, 0) is 9.53 Å². The summed E-state index contributed by atoms with van der Waals surface area (Å²) in [4.78, 5) is 32.7. The summed E-state index contributed by atoms with van der Waals surface area (Å²) in [6.07, 6.45) is 1.61. The van der Waals surface area contributed by atoms with Gasteiger partial charge in [-0.05, 0) is 19.1 Å². The van der Waals surface area contributed by atoms with Crippen LogP contribution in [0.5, 0.6) is 5.75 Å². The molecule has 2 N–H and O–H groups in total. The first kappa shape index (κ1) is 17.3. The fourth-order valence-electron chi connectivity index (χ4n) is 2.49. The van der Waals surface area contributed by atoms with Crippen LogP contribution < -0.4 is 5.32 Å². The number of fused-ring (bicyclic) bond motifs is 1. The number of hydrogen-bond acceptors (Lipinski definition) is 6. The third-order valence-electron chi connectivity index (χ3n) is 3.69. The highest BCUT2D eigenvalue weighted by Gasteiger charge is 2.19. The molecule has 0 spiro atoms. The quantitative estimate of drug-likeness (QED) is 0.684. The average molecular weight is 351 g/mol. The number of hydrogen-bond donors (Lipinski definition) is 2. The van der Waals surface area contributed by atoms with Crippen molar-refractivity contribution in [2.45, 2.75) is 6.92 Å². The lowest BCUT2D eigenvalue weighted by Gasteiger charge is -2.10. The first-order valence-corrected chi connectivity index (χ1v) is 8.08. The zero-order valence-corrected chi connectivity index (χ0v) is 14.1.